The van der Waals surface area contributed by atoms with Crippen LogP contribution in [-0.4, -0.2) is 23.1 Å². The van der Waals surface area contributed by atoms with E-state index in [1.807, 2.05) is 12.4 Å². The third-order valence-electron chi connectivity index (χ3n) is 3.81. The molecule has 2 rings (SSSR count). The molecule has 2 N–H and O–H groups in total. The van der Waals surface area contributed by atoms with E-state index < -0.39 is 0 Å². The molecule has 0 aliphatic heterocycles. The normalized spacial score (nSPS) is 20.6. The molecule has 0 radical (unpaired) electrons. The van der Waals surface area contributed by atoms with E-state index >= 15 is 0 Å². The van der Waals surface area contributed by atoms with Crippen LogP contribution < -0.4 is 5.32 Å². The highest BCUT2D eigenvalue weighted by Gasteiger charge is 2.22. The van der Waals surface area contributed by atoms with Crippen LogP contribution in [-0.2, 0) is 6.42 Å². The summed E-state index contributed by atoms with van der Waals surface area (Å²) >= 11 is 0. The largest absolute Gasteiger partial charge is 0.349 e. The lowest BCUT2D eigenvalue weighted by Crippen LogP contribution is -2.35. The van der Waals surface area contributed by atoms with Gasteiger partial charge in [-0.1, -0.05) is 25.7 Å². The minimum Gasteiger partial charge on any atom is -0.349 e. The Balaban J connectivity index is 1.92. The molecule has 1 aliphatic rings. The molecule has 1 fully saturated rings. The van der Waals surface area contributed by atoms with Crippen molar-refractivity contribution in [1.82, 2.24) is 15.3 Å². The number of hydrogen-bond acceptors (Lipinski definition) is 2. The molecule has 0 aromatic carbocycles. The topological polar surface area (TPSA) is 40.7 Å². The van der Waals surface area contributed by atoms with E-state index in [2.05, 4.69) is 22.3 Å². The highest BCUT2D eigenvalue weighted by molar-refractivity contribution is 4.93. The Morgan fingerprint density at radius 2 is 2.12 bits per heavy atom. The number of hydrogen-bond donors (Lipinski definition) is 2. The number of aromatic nitrogens is 2. The molecule has 1 saturated carbocycles. The van der Waals surface area contributed by atoms with Gasteiger partial charge in [0.15, 0.2) is 0 Å². The molecule has 1 unspecified atom stereocenters. The molecule has 1 heterocycles. The van der Waals surface area contributed by atoms with Crippen LogP contribution in [0.3, 0.4) is 0 Å². The van der Waals surface area contributed by atoms with Gasteiger partial charge < -0.3 is 10.3 Å². The molecule has 1 aromatic heterocycles. The summed E-state index contributed by atoms with van der Waals surface area (Å²) < 4.78 is 0. The van der Waals surface area contributed by atoms with Gasteiger partial charge in [-0.2, -0.15) is 0 Å². The van der Waals surface area contributed by atoms with Gasteiger partial charge in [0.05, 0.1) is 0 Å². The van der Waals surface area contributed by atoms with Crippen LogP contribution in [0.2, 0.25) is 0 Å². The van der Waals surface area contributed by atoms with Crippen LogP contribution in [0.15, 0.2) is 12.4 Å². The molecule has 3 nitrogen and oxygen atoms in total. The highest BCUT2D eigenvalue weighted by atomic mass is 14.9. The van der Waals surface area contributed by atoms with Gasteiger partial charge in [-0.3, -0.25) is 0 Å². The molecule has 0 bridgehead atoms. The van der Waals surface area contributed by atoms with Crippen molar-refractivity contribution >= 4 is 0 Å². The van der Waals surface area contributed by atoms with Gasteiger partial charge in [-0.15, -0.1) is 0 Å². The smallest absolute Gasteiger partial charge is 0.107 e. The van der Waals surface area contributed by atoms with Crippen LogP contribution in [0.4, 0.5) is 0 Å². The fourth-order valence-electron chi connectivity index (χ4n) is 2.84. The average Bonchev–Trinajstić information content (AvgIpc) is 2.67. The van der Waals surface area contributed by atoms with E-state index in [1.54, 1.807) is 0 Å². The number of H-pyrrole nitrogens is 1. The first-order valence-electron chi connectivity index (χ1n) is 6.55. The Labute approximate surface area is 98.1 Å². The summed E-state index contributed by atoms with van der Waals surface area (Å²) in [6.45, 7) is 0. The summed E-state index contributed by atoms with van der Waals surface area (Å²) in [5.41, 5.74) is 0. The maximum Gasteiger partial charge on any atom is 0.107 e. The summed E-state index contributed by atoms with van der Waals surface area (Å²) in [6, 6.07) is 0.587. The Morgan fingerprint density at radius 1 is 1.38 bits per heavy atom. The summed E-state index contributed by atoms with van der Waals surface area (Å²) in [7, 11) is 2.08. The van der Waals surface area contributed by atoms with Crippen molar-refractivity contribution in [3.8, 4) is 0 Å². The van der Waals surface area contributed by atoms with E-state index in [4.69, 9.17) is 0 Å². The zero-order chi connectivity index (χ0) is 11.2. The van der Waals surface area contributed by atoms with Crippen molar-refractivity contribution < 1.29 is 0 Å². The monoisotopic (exact) mass is 221 g/mol. The second-order valence-electron chi connectivity index (χ2n) is 4.89. The lowest BCUT2D eigenvalue weighted by Gasteiger charge is -2.25. The predicted octanol–water partition coefficient (Wildman–Crippen LogP) is 2.51. The van der Waals surface area contributed by atoms with Crippen LogP contribution in [0, 0.1) is 5.92 Å². The van der Waals surface area contributed by atoms with Crippen molar-refractivity contribution in [3.05, 3.63) is 18.2 Å². The molecule has 90 valence electrons. The number of rotatable bonds is 4. The molecule has 16 heavy (non-hydrogen) atoms. The number of nitrogens with one attached hydrogen (secondary N) is 2. The fourth-order valence-corrected chi connectivity index (χ4v) is 2.84. The van der Waals surface area contributed by atoms with E-state index in [-0.39, 0.29) is 0 Å². The zero-order valence-corrected chi connectivity index (χ0v) is 10.2. The standard InChI is InChI=1S/C13H23N3/c1-14-12(10-13-15-8-9-16-13)11-6-4-2-3-5-7-11/h8-9,11-12,14H,2-7,10H2,1H3,(H,15,16). The number of likely N-dealkylation sites (N-methyl/N-ethyl adjacent to an activating group) is 1. The minimum absolute atomic E-state index is 0.587. The van der Waals surface area contributed by atoms with Gasteiger partial charge in [0.1, 0.15) is 5.82 Å². The molecule has 0 amide bonds. The van der Waals surface area contributed by atoms with Gasteiger partial charge >= 0.3 is 0 Å². The Hall–Kier alpha value is -0.830. The van der Waals surface area contributed by atoms with Gasteiger partial charge in [-0.05, 0) is 25.8 Å². The first-order valence-corrected chi connectivity index (χ1v) is 6.55. The lowest BCUT2D eigenvalue weighted by molar-refractivity contribution is 0.329. The minimum atomic E-state index is 0.587. The molecular weight excluding hydrogens is 198 g/mol. The summed E-state index contributed by atoms with van der Waals surface area (Å²) in [5, 5.41) is 3.48. The molecule has 1 aliphatic carbocycles. The number of nitrogens with zero attached hydrogens (tertiary/aromatic N) is 1. The van der Waals surface area contributed by atoms with E-state index in [0.29, 0.717) is 6.04 Å². The Bertz CT molecular complexity index is 273. The summed E-state index contributed by atoms with van der Waals surface area (Å²) in [6.07, 6.45) is 13.2. The number of imidazole rings is 1. The quantitative estimate of drug-likeness (QED) is 0.767. The lowest BCUT2D eigenvalue weighted by atomic mass is 9.90. The van der Waals surface area contributed by atoms with Gasteiger partial charge in [0, 0.05) is 24.9 Å². The van der Waals surface area contributed by atoms with Gasteiger partial charge in [-0.25, -0.2) is 4.98 Å². The first kappa shape index (κ1) is 11.6. The second kappa shape index (κ2) is 6.04. The maximum atomic E-state index is 4.33. The average molecular weight is 221 g/mol. The number of aromatic amines is 1. The van der Waals surface area contributed by atoms with Crippen molar-refractivity contribution in [2.75, 3.05) is 7.05 Å². The van der Waals surface area contributed by atoms with E-state index in [1.165, 1.54) is 38.5 Å². The van der Waals surface area contributed by atoms with Gasteiger partial charge in [0.2, 0.25) is 0 Å². The zero-order valence-electron chi connectivity index (χ0n) is 10.2. The third kappa shape index (κ3) is 3.08. The van der Waals surface area contributed by atoms with Crippen molar-refractivity contribution in [2.45, 2.75) is 51.0 Å². The fraction of sp³-hybridized carbons (Fsp3) is 0.769. The summed E-state index contributed by atoms with van der Waals surface area (Å²) in [4.78, 5) is 7.53. The van der Waals surface area contributed by atoms with Crippen LogP contribution >= 0.6 is 0 Å². The molecular formula is C13H23N3. The van der Waals surface area contributed by atoms with Crippen molar-refractivity contribution in [1.29, 1.82) is 0 Å². The molecule has 0 saturated heterocycles. The summed E-state index contributed by atoms with van der Waals surface area (Å²) in [5.74, 6) is 1.95. The van der Waals surface area contributed by atoms with E-state index in [9.17, 15) is 0 Å². The van der Waals surface area contributed by atoms with Crippen LogP contribution in [0.5, 0.6) is 0 Å². The van der Waals surface area contributed by atoms with Crippen molar-refractivity contribution in [2.24, 2.45) is 5.92 Å². The Morgan fingerprint density at radius 3 is 2.69 bits per heavy atom. The van der Waals surface area contributed by atoms with Gasteiger partial charge in [0.25, 0.3) is 0 Å². The molecule has 1 aromatic rings. The second-order valence-corrected chi connectivity index (χ2v) is 4.89. The first-order chi connectivity index (χ1) is 7.90. The van der Waals surface area contributed by atoms with E-state index in [0.717, 1.165) is 18.2 Å². The van der Waals surface area contributed by atoms with Crippen LogP contribution in [0.1, 0.15) is 44.3 Å². The maximum absolute atomic E-state index is 4.33. The third-order valence-corrected chi connectivity index (χ3v) is 3.81. The molecule has 1 atom stereocenters. The molecule has 0 spiro atoms. The van der Waals surface area contributed by atoms with Crippen molar-refractivity contribution in [3.63, 3.8) is 0 Å². The highest BCUT2D eigenvalue weighted by Crippen LogP contribution is 2.26. The predicted molar refractivity (Wildman–Crippen MR) is 66.3 cm³/mol. The Kier molecular flexibility index (Phi) is 4.40. The molecule has 3 heteroatoms. The SMILES string of the molecule is CNC(Cc1ncc[nH]1)C1CCCCCC1. The van der Waals surface area contributed by atoms with Crippen LogP contribution in [0.25, 0.3) is 0 Å².